The molecule has 0 aliphatic carbocycles. The first-order chi connectivity index (χ1) is 12.2. The molecule has 1 N–H and O–H groups in total. The van der Waals surface area contributed by atoms with Crippen molar-refractivity contribution in [2.45, 2.75) is 19.8 Å². The number of rotatable bonds is 3. The second kappa shape index (κ2) is 6.58. The maximum absolute atomic E-state index is 12.5. The SMILES string of the molecule is Cc1cc(N2CCC(C(=O)Nc3ccc4c(c3)OCO4)CC2)ncn1. The summed E-state index contributed by atoms with van der Waals surface area (Å²) >= 11 is 0. The lowest BCUT2D eigenvalue weighted by atomic mass is 9.95. The fraction of sp³-hybridized carbons (Fsp3) is 0.389. The highest BCUT2D eigenvalue weighted by Crippen LogP contribution is 2.34. The fourth-order valence-corrected chi connectivity index (χ4v) is 3.20. The highest BCUT2D eigenvalue weighted by Gasteiger charge is 2.26. The largest absolute Gasteiger partial charge is 0.454 e. The summed E-state index contributed by atoms with van der Waals surface area (Å²) in [5.41, 5.74) is 1.69. The Bertz CT molecular complexity index is 788. The van der Waals surface area contributed by atoms with Crippen LogP contribution in [0.4, 0.5) is 11.5 Å². The van der Waals surface area contributed by atoms with E-state index in [9.17, 15) is 4.79 Å². The predicted octanol–water partition coefficient (Wildman–Crippen LogP) is 2.37. The first-order valence-electron chi connectivity index (χ1n) is 8.43. The molecule has 25 heavy (non-hydrogen) atoms. The molecular formula is C18H20N4O3. The van der Waals surface area contributed by atoms with E-state index in [-0.39, 0.29) is 18.6 Å². The van der Waals surface area contributed by atoms with Crippen molar-refractivity contribution in [1.82, 2.24) is 9.97 Å². The summed E-state index contributed by atoms with van der Waals surface area (Å²) in [6, 6.07) is 7.44. The Kier molecular flexibility index (Phi) is 4.13. The van der Waals surface area contributed by atoms with Crippen molar-refractivity contribution in [3.63, 3.8) is 0 Å². The maximum atomic E-state index is 12.5. The van der Waals surface area contributed by atoms with Crippen molar-refractivity contribution in [3.05, 3.63) is 36.3 Å². The van der Waals surface area contributed by atoms with Gasteiger partial charge >= 0.3 is 0 Å². The molecule has 1 aromatic carbocycles. The van der Waals surface area contributed by atoms with Gasteiger partial charge in [0.2, 0.25) is 12.7 Å². The average molecular weight is 340 g/mol. The van der Waals surface area contributed by atoms with Crippen LogP contribution in [0, 0.1) is 12.8 Å². The summed E-state index contributed by atoms with van der Waals surface area (Å²) < 4.78 is 10.6. The second-order valence-corrected chi connectivity index (χ2v) is 6.34. The molecule has 0 unspecified atom stereocenters. The van der Waals surface area contributed by atoms with Gasteiger partial charge in [0.25, 0.3) is 0 Å². The van der Waals surface area contributed by atoms with Crippen LogP contribution in [0.5, 0.6) is 11.5 Å². The minimum atomic E-state index is 0.00427. The third kappa shape index (κ3) is 3.35. The molecule has 3 heterocycles. The topological polar surface area (TPSA) is 76.6 Å². The summed E-state index contributed by atoms with van der Waals surface area (Å²) in [6.45, 7) is 3.82. The number of amides is 1. The summed E-state index contributed by atoms with van der Waals surface area (Å²) in [5.74, 6) is 2.38. The zero-order valence-corrected chi connectivity index (χ0v) is 14.1. The highest BCUT2D eigenvalue weighted by atomic mass is 16.7. The lowest BCUT2D eigenvalue weighted by molar-refractivity contribution is -0.120. The van der Waals surface area contributed by atoms with Gasteiger partial charge in [-0.05, 0) is 31.9 Å². The highest BCUT2D eigenvalue weighted by molar-refractivity contribution is 5.93. The zero-order chi connectivity index (χ0) is 17.2. The van der Waals surface area contributed by atoms with Gasteiger partial charge in [-0.3, -0.25) is 4.79 Å². The third-order valence-corrected chi connectivity index (χ3v) is 4.62. The normalized spacial score (nSPS) is 16.8. The Morgan fingerprint density at radius 2 is 1.96 bits per heavy atom. The molecule has 1 fully saturated rings. The molecule has 0 atom stereocenters. The van der Waals surface area contributed by atoms with Gasteiger partial charge in [0.05, 0.1) is 0 Å². The van der Waals surface area contributed by atoms with Gasteiger partial charge in [-0.25, -0.2) is 9.97 Å². The molecule has 130 valence electrons. The molecule has 0 bridgehead atoms. The molecular weight excluding hydrogens is 320 g/mol. The van der Waals surface area contributed by atoms with Gasteiger partial charge in [0.1, 0.15) is 12.1 Å². The summed E-state index contributed by atoms with van der Waals surface area (Å²) in [6.07, 6.45) is 3.20. The van der Waals surface area contributed by atoms with E-state index in [1.165, 1.54) is 0 Å². The van der Waals surface area contributed by atoms with E-state index in [4.69, 9.17) is 9.47 Å². The number of nitrogens with one attached hydrogen (secondary N) is 1. The molecule has 1 aromatic heterocycles. The number of hydrogen-bond acceptors (Lipinski definition) is 6. The van der Waals surface area contributed by atoms with E-state index in [1.54, 1.807) is 12.4 Å². The molecule has 0 radical (unpaired) electrons. The minimum absolute atomic E-state index is 0.00427. The van der Waals surface area contributed by atoms with Gasteiger partial charge in [-0.2, -0.15) is 0 Å². The van der Waals surface area contributed by atoms with Crippen molar-refractivity contribution in [2.24, 2.45) is 5.92 Å². The number of carbonyl (C=O) groups excluding carboxylic acids is 1. The maximum Gasteiger partial charge on any atom is 0.231 e. The zero-order valence-electron chi connectivity index (χ0n) is 14.1. The van der Waals surface area contributed by atoms with Crippen molar-refractivity contribution in [1.29, 1.82) is 0 Å². The van der Waals surface area contributed by atoms with Crippen LogP contribution in [-0.4, -0.2) is 35.8 Å². The van der Waals surface area contributed by atoms with E-state index in [0.717, 1.165) is 43.1 Å². The molecule has 2 aliphatic heterocycles. The van der Waals surface area contributed by atoms with Crippen LogP contribution in [0.25, 0.3) is 0 Å². The van der Waals surface area contributed by atoms with Crippen LogP contribution in [0.3, 0.4) is 0 Å². The molecule has 0 spiro atoms. The number of aryl methyl sites for hydroxylation is 1. The minimum Gasteiger partial charge on any atom is -0.454 e. The Morgan fingerprint density at radius 1 is 1.16 bits per heavy atom. The van der Waals surface area contributed by atoms with Gasteiger partial charge in [0.15, 0.2) is 11.5 Å². The Balaban J connectivity index is 1.35. The van der Waals surface area contributed by atoms with E-state index in [0.29, 0.717) is 11.5 Å². The van der Waals surface area contributed by atoms with Crippen molar-refractivity contribution in [2.75, 3.05) is 30.1 Å². The van der Waals surface area contributed by atoms with Crippen molar-refractivity contribution >= 4 is 17.4 Å². The van der Waals surface area contributed by atoms with Gasteiger partial charge in [-0.15, -0.1) is 0 Å². The number of hydrogen-bond donors (Lipinski definition) is 1. The average Bonchev–Trinajstić information content (AvgIpc) is 3.09. The number of nitrogens with zero attached hydrogens (tertiary/aromatic N) is 3. The van der Waals surface area contributed by atoms with Gasteiger partial charge < -0.3 is 19.7 Å². The summed E-state index contributed by atoms with van der Waals surface area (Å²) in [5, 5.41) is 2.99. The lowest BCUT2D eigenvalue weighted by Gasteiger charge is -2.32. The molecule has 0 saturated carbocycles. The third-order valence-electron chi connectivity index (χ3n) is 4.62. The Morgan fingerprint density at radius 3 is 2.76 bits per heavy atom. The fourth-order valence-electron chi connectivity index (χ4n) is 3.20. The number of aromatic nitrogens is 2. The smallest absolute Gasteiger partial charge is 0.231 e. The first-order valence-corrected chi connectivity index (χ1v) is 8.43. The molecule has 1 saturated heterocycles. The number of carbonyl (C=O) groups is 1. The van der Waals surface area contributed by atoms with E-state index in [2.05, 4.69) is 20.2 Å². The van der Waals surface area contributed by atoms with Crippen molar-refractivity contribution in [3.8, 4) is 11.5 Å². The number of benzene rings is 1. The molecule has 1 amide bonds. The summed E-state index contributed by atoms with van der Waals surface area (Å²) in [7, 11) is 0. The first kappa shape index (κ1) is 15.7. The lowest BCUT2D eigenvalue weighted by Crippen LogP contribution is -2.38. The molecule has 2 aromatic rings. The monoisotopic (exact) mass is 340 g/mol. The molecule has 2 aliphatic rings. The predicted molar refractivity (Wildman–Crippen MR) is 92.9 cm³/mol. The number of anilines is 2. The number of fused-ring (bicyclic) bond motifs is 1. The number of ether oxygens (including phenoxy) is 2. The van der Waals surface area contributed by atoms with Crippen LogP contribution < -0.4 is 19.7 Å². The standard InChI is InChI=1S/C18H20N4O3/c1-12-8-17(20-10-19-12)22-6-4-13(5-7-22)18(23)21-14-2-3-15-16(9-14)25-11-24-15/h2-3,8-10,13H,4-7,11H2,1H3,(H,21,23). The van der Waals surface area contributed by atoms with Crippen LogP contribution in [0.15, 0.2) is 30.6 Å². The molecule has 7 nitrogen and oxygen atoms in total. The quantitative estimate of drug-likeness (QED) is 0.924. The van der Waals surface area contributed by atoms with E-state index in [1.807, 2.05) is 25.1 Å². The number of piperidine rings is 1. The molecule has 4 rings (SSSR count). The summed E-state index contributed by atoms with van der Waals surface area (Å²) in [4.78, 5) is 23.2. The van der Waals surface area contributed by atoms with Crippen LogP contribution in [0.1, 0.15) is 18.5 Å². The van der Waals surface area contributed by atoms with Crippen LogP contribution in [0.2, 0.25) is 0 Å². The Hall–Kier alpha value is -2.83. The van der Waals surface area contributed by atoms with E-state index < -0.39 is 0 Å². The van der Waals surface area contributed by atoms with Gasteiger partial charge in [-0.1, -0.05) is 0 Å². The van der Waals surface area contributed by atoms with Crippen LogP contribution >= 0.6 is 0 Å². The van der Waals surface area contributed by atoms with E-state index >= 15 is 0 Å². The van der Waals surface area contributed by atoms with Crippen molar-refractivity contribution < 1.29 is 14.3 Å². The van der Waals surface area contributed by atoms with Crippen LogP contribution in [-0.2, 0) is 4.79 Å². The second-order valence-electron chi connectivity index (χ2n) is 6.34. The molecule has 7 heteroatoms. The Labute approximate surface area is 146 Å². The van der Waals surface area contributed by atoms with Gasteiger partial charge in [0, 0.05) is 42.5 Å².